The molecule has 1 aliphatic heterocycles. The number of hydrogen-bond acceptors (Lipinski definition) is 5. The maximum absolute atomic E-state index is 4.80. The summed E-state index contributed by atoms with van der Waals surface area (Å²) in [5.41, 5.74) is 2.85. The van der Waals surface area contributed by atoms with Crippen molar-refractivity contribution >= 4 is 48.7 Å². The summed E-state index contributed by atoms with van der Waals surface area (Å²) in [6, 6.07) is 8.04. The molecule has 0 unspecified atom stereocenters. The molecule has 0 amide bonds. The second-order valence-corrected chi connectivity index (χ2v) is 5.44. The van der Waals surface area contributed by atoms with Crippen LogP contribution in [0, 0.1) is 0 Å². The lowest BCUT2D eigenvalue weighted by Gasteiger charge is -2.20. The van der Waals surface area contributed by atoms with Crippen LogP contribution in [-0.2, 0) is 0 Å². The zero-order chi connectivity index (χ0) is 14.8. The molecular formula is C16H21Cl3N6. The summed E-state index contributed by atoms with van der Waals surface area (Å²) in [5.74, 6) is 0.999. The second kappa shape index (κ2) is 9.77. The van der Waals surface area contributed by atoms with Crippen molar-refractivity contribution in [2.45, 2.75) is 6.42 Å². The predicted molar refractivity (Wildman–Crippen MR) is 108 cm³/mol. The molecule has 6 nitrogen and oxygen atoms in total. The second-order valence-electron chi connectivity index (χ2n) is 5.44. The first-order valence-electron chi connectivity index (χ1n) is 7.63. The number of halogens is 3. The molecule has 1 saturated heterocycles. The maximum Gasteiger partial charge on any atom is 0.154 e. The topological polar surface area (TPSA) is 58.4 Å². The summed E-state index contributed by atoms with van der Waals surface area (Å²) < 4.78 is 1.91. The van der Waals surface area contributed by atoms with E-state index in [1.165, 1.54) is 0 Å². The first-order valence-corrected chi connectivity index (χ1v) is 7.63. The van der Waals surface area contributed by atoms with E-state index in [9.17, 15) is 0 Å². The highest BCUT2D eigenvalue weighted by Gasteiger charge is 2.13. The van der Waals surface area contributed by atoms with Crippen molar-refractivity contribution in [3.63, 3.8) is 0 Å². The third-order valence-electron chi connectivity index (χ3n) is 3.97. The van der Waals surface area contributed by atoms with E-state index in [1.807, 2.05) is 35.1 Å². The Balaban J connectivity index is 0.00000104. The number of pyridine rings is 1. The maximum atomic E-state index is 4.80. The summed E-state index contributed by atoms with van der Waals surface area (Å²) in [5, 5.41) is 8.22. The van der Waals surface area contributed by atoms with E-state index in [0.717, 1.165) is 55.3 Å². The lowest BCUT2D eigenvalue weighted by molar-refractivity contribution is 0.724. The van der Waals surface area contributed by atoms with Gasteiger partial charge in [-0.05, 0) is 37.2 Å². The number of imidazole rings is 1. The minimum atomic E-state index is 0. The molecule has 0 bridgehead atoms. The number of hydrogen-bond donors (Lipinski definition) is 1. The smallest absolute Gasteiger partial charge is 0.154 e. The van der Waals surface area contributed by atoms with Crippen LogP contribution in [-0.4, -0.2) is 45.8 Å². The Kier molecular flexibility index (Phi) is 8.38. The average molecular weight is 404 g/mol. The van der Waals surface area contributed by atoms with Crippen LogP contribution in [0.25, 0.3) is 16.9 Å². The number of aromatic nitrogens is 4. The molecule has 4 heterocycles. The van der Waals surface area contributed by atoms with Gasteiger partial charge in [-0.3, -0.25) is 4.98 Å². The first kappa shape index (κ1) is 21.4. The molecule has 4 rings (SSSR count). The molecule has 0 saturated carbocycles. The SMILES string of the molecule is Cl.Cl.Cl.c1cncc(-c2cnc3ccc(N4CCCNCC4)nn23)c1. The normalized spacial score (nSPS) is 14.0. The molecule has 9 heteroatoms. The fourth-order valence-electron chi connectivity index (χ4n) is 2.82. The van der Waals surface area contributed by atoms with Crippen molar-refractivity contribution < 1.29 is 0 Å². The molecule has 1 fully saturated rings. The van der Waals surface area contributed by atoms with Gasteiger partial charge < -0.3 is 10.2 Å². The Morgan fingerprint density at radius 2 is 1.84 bits per heavy atom. The van der Waals surface area contributed by atoms with Gasteiger partial charge >= 0.3 is 0 Å². The van der Waals surface area contributed by atoms with Crippen molar-refractivity contribution in [2.75, 3.05) is 31.1 Å². The molecule has 0 spiro atoms. The Hall–Kier alpha value is -1.60. The highest BCUT2D eigenvalue weighted by atomic mass is 35.5. The van der Waals surface area contributed by atoms with E-state index in [4.69, 9.17) is 5.10 Å². The lowest BCUT2D eigenvalue weighted by Crippen LogP contribution is -2.29. The van der Waals surface area contributed by atoms with Gasteiger partial charge in [0.25, 0.3) is 0 Å². The standard InChI is InChI=1S/C16H18N6.3ClH/c1-3-13(11-18-6-1)14-12-19-15-4-5-16(20-22(14)15)21-9-2-7-17-8-10-21;;;/h1,3-6,11-12,17H,2,7-10H2;3*1H. The molecule has 0 radical (unpaired) electrons. The van der Waals surface area contributed by atoms with Gasteiger partial charge in [0.1, 0.15) is 5.82 Å². The number of fused-ring (bicyclic) bond motifs is 1. The summed E-state index contributed by atoms with van der Waals surface area (Å²) in [6.07, 6.45) is 6.61. The molecule has 0 aromatic carbocycles. The fourth-order valence-corrected chi connectivity index (χ4v) is 2.82. The molecular weight excluding hydrogens is 383 g/mol. The van der Waals surface area contributed by atoms with Crippen molar-refractivity contribution in [2.24, 2.45) is 0 Å². The third kappa shape index (κ3) is 4.52. The number of nitrogens with one attached hydrogen (secondary N) is 1. The summed E-state index contributed by atoms with van der Waals surface area (Å²) in [7, 11) is 0. The Morgan fingerprint density at radius 3 is 2.64 bits per heavy atom. The van der Waals surface area contributed by atoms with Gasteiger partial charge in [0.15, 0.2) is 5.65 Å². The van der Waals surface area contributed by atoms with E-state index >= 15 is 0 Å². The summed E-state index contributed by atoms with van der Waals surface area (Å²) >= 11 is 0. The van der Waals surface area contributed by atoms with Gasteiger partial charge in [-0.15, -0.1) is 42.3 Å². The minimum absolute atomic E-state index is 0. The van der Waals surface area contributed by atoms with Crippen LogP contribution in [0.2, 0.25) is 0 Å². The van der Waals surface area contributed by atoms with Crippen LogP contribution >= 0.6 is 37.2 Å². The van der Waals surface area contributed by atoms with Crippen molar-refractivity contribution in [1.29, 1.82) is 0 Å². The van der Waals surface area contributed by atoms with Crippen LogP contribution in [0.15, 0.2) is 42.9 Å². The Labute approximate surface area is 165 Å². The van der Waals surface area contributed by atoms with Gasteiger partial charge in [0, 0.05) is 37.6 Å². The van der Waals surface area contributed by atoms with Crippen LogP contribution < -0.4 is 10.2 Å². The summed E-state index contributed by atoms with van der Waals surface area (Å²) in [6.45, 7) is 4.09. The van der Waals surface area contributed by atoms with Gasteiger partial charge in [-0.2, -0.15) is 0 Å². The number of nitrogens with zero attached hydrogens (tertiary/aromatic N) is 5. The molecule has 0 aliphatic carbocycles. The Morgan fingerprint density at radius 1 is 0.960 bits per heavy atom. The molecule has 1 N–H and O–H groups in total. The monoisotopic (exact) mass is 402 g/mol. The zero-order valence-corrected chi connectivity index (χ0v) is 16.0. The van der Waals surface area contributed by atoms with Crippen molar-refractivity contribution in [1.82, 2.24) is 24.9 Å². The molecule has 0 atom stereocenters. The van der Waals surface area contributed by atoms with E-state index in [1.54, 1.807) is 6.20 Å². The van der Waals surface area contributed by atoms with E-state index in [0.29, 0.717) is 0 Å². The van der Waals surface area contributed by atoms with E-state index < -0.39 is 0 Å². The van der Waals surface area contributed by atoms with Crippen LogP contribution in [0.1, 0.15) is 6.42 Å². The minimum Gasteiger partial charge on any atom is -0.354 e. The van der Waals surface area contributed by atoms with Crippen LogP contribution in [0.4, 0.5) is 5.82 Å². The zero-order valence-electron chi connectivity index (χ0n) is 13.5. The highest BCUT2D eigenvalue weighted by Crippen LogP contribution is 2.21. The largest absolute Gasteiger partial charge is 0.354 e. The lowest BCUT2D eigenvalue weighted by atomic mass is 10.2. The van der Waals surface area contributed by atoms with Gasteiger partial charge in [-0.1, -0.05) is 0 Å². The quantitative estimate of drug-likeness (QED) is 0.713. The van der Waals surface area contributed by atoms with Gasteiger partial charge in [0.05, 0.1) is 11.9 Å². The van der Waals surface area contributed by atoms with Gasteiger partial charge in [-0.25, -0.2) is 9.50 Å². The number of anilines is 1. The fraction of sp³-hybridized carbons (Fsp3) is 0.312. The molecule has 3 aromatic heterocycles. The third-order valence-corrected chi connectivity index (χ3v) is 3.97. The molecule has 3 aromatic rings. The Bertz CT molecular complexity index is 772. The average Bonchev–Trinajstić information content (AvgIpc) is 2.80. The molecule has 136 valence electrons. The highest BCUT2D eigenvalue weighted by molar-refractivity contribution is 5.86. The first-order chi connectivity index (χ1) is 10.9. The van der Waals surface area contributed by atoms with E-state index in [-0.39, 0.29) is 37.2 Å². The summed E-state index contributed by atoms with van der Waals surface area (Å²) in [4.78, 5) is 11.0. The van der Waals surface area contributed by atoms with E-state index in [2.05, 4.69) is 26.3 Å². The number of rotatable bonds is 2. The molecule has 25 heavy (non-hydrogen) atoms. The predicted octanol–water partition coefficient (Wildman–Crippen LogP) is 2.86. The molecule has 1 aliphatic rings. The van der Waals surface area contributed by atoms with Crippen LogP contribution in [0.5, 0.6) is 0 Å². The van der Waals surface area contributed by atoms with Gasteiger partial charge in [0.2, 0.25) is 0 Å². The van der Waals surface area contributed by atoms with Crippen molar-refractivity contribution in [3.05, 3.63) is 42.9 Å². The van der Waals surface area contributed by atoms with Crippen molar-refractivity contribution in [3.8, 4) is 11.3 Å². The van der Waals surface area contributed by atoms with Crippen LogP contribution in [0.3, 0.4) is 0 Å².